The summed E-state index contributed by atoms with van der Waals surface area (Å²) in [5.74, 6) is 2.12. The number of hydrogen-bond acceptors (Lipinski definition) is 2. The summed E-state index contributed by atoms with van der Waals surface area (Å²) in [7, 11) is 0. The molecule has 2 nitrogen and oxygen atoms in total. The zero-order valence-electron chi connectivity index (χ0n) is 10.2. The molecule has 1 aromatic heterocycles. The van der Waals surface area contributed by atoms with Crippen molar-refractivity contribution in [3.8, 4) is 0 Å². The van der Waals surface area contributed by atoms with Crippen LogP contribution in [-0.2, 0) is 12.4 Å². The van der Waals surface area contributed by atoms with Gasteiger partial charge in [-0.3, -0.25) is 0 Å². The smallest absolute Gasteiger partial charge is 0.139 e. The molecule has 19 heavy (non-hydrogen) atoms. The zero-order chi connectivity index (χ0) is 13.4. The van der Waals surface area contributed by atoms with Crippen LogP contribution in [0.3, 0.4) is 0 Å². The minimum atomic E-state index is -0.284. The average Bonchev–Trinajstić information content (AvgIpc) is 3.00. The highest BCUT2D eigenvalue weighted by atomic mass is 79.9. The fraction of sp³-hybridized carbons (Fsp3) is 0.462. The molecule has 0 N–H and O–H groups in total. The van der Waals surface area contributed by atoms with Crippen molar-refractivity contribution in [2.75, 3.05) is 5.75 Å². The van der Waals surface area contributed by atoms with E-state index in [4.69, 9.17) is 11.6 Å². The highest BCUT2D eigenvalue weighted by Gasteiger charge is 2.20. The number of hydrogen-bond donors (Lipinski definition) is 0. The van der Waals surface area contributed by atoms with Crippen LogP contribution in [0, 0.1) is 5.82 Å². The molecule has 6 heteroatoms. The Balaban J connectivity index is 2.06. The minimum absolute atomic E-state index is 0.284. The van der Waals surface area contributed by atoms with E-state index < -0.39 is 0 Å². The summed E-state index contributed by atoms with van der Waals surface area (Å²) in [5.41, 5.74) is 1.63. The van der Waals surface area contributed by atoms with Crippen molar-refractivity contribution in [2.45, 2.75) is 30.5 Å². The first-order valence-corrected chi connectivity index (χ1v) is 8.58. The molecule has 0 saturated carbocycles. The molecule has 1 saturated heterocycles. The van der Waals surface area contributed by atoms with Gasteiger partial charge in [-0.15, -0.1) is 11.6 Å². The number of fused-ring (bicyclic) bond motifs is 1. The fourth-order valence-corrected chi connectivity index (χ4v) is 4.26. The summed E-state index contributed by atoms with van der Waals surface area (Å²) in [6.07, 6.45) is 2.50. The Hall–Kier alpha value is -0.260. The zero-order valence-corrected chi connectivity index (χ0v) is 13.4. The number of aromatic nitrogens is 2. The Kier molecular flexibility index (Phi) is 4.06. The topological polar surface area (TPSA) is 17.8 Å². The highest BCUT2D eigenvalue weighted by Crippen LogP contribution is 2.31. The third kappa shape index (κ3) is 2.65. The van der Waals surface area contributed by atoms with Crippen LogP contribution < -0.4 is 0 Å². The summed E-state index contributed by atoms with van der Waals surface area (Å²) in [6, 6.07) is 3.26. The molecule has 1 aliphatic rings. The molecule has 2 aromatic rings. The summed E-state index contributed by atoms with van der Waals surface area (Å²) in [5, 5.41) is 0.614. The Morgan fingerprint density at radius 2 is 2.37 bits per heavy atom. The van der Waals surface area contributed by atoms with Gasteiger partial charge in [0.15, 0.2) is 0 Å². The van der Waals surface area contributed by atoms with Crippen molar-refractivity contribution in [1.82, 2.24) is 9.55 Å². The molecule has 3 rings (SSSR count). The van der Waals surface area contributed by atoms with E-state index >= 15 is 0 Å². The van der Waals surface area contributed by atoms with E-state index in [-0.39, 0.29) is 5.82 Å². The van der Waals surface area contributed by atoms with Crippen molar-refractivity contribution in [3.63, 3.8) is 0 Å². The first-order chi connectivity index (χ1) is 9.19. The number of rotatable bonds is 3. The highest BCUT2D eigenvalue weighted by molar-refractivity contribution is 9.10. The van der Waals surface area contributed by atoms with Crippen LogP contribution in [0.4, 0.5) is 4.39 Å². The van der Waals surface area contributed by atoms with Crippen molar-refractivity contribution in [3.05, 3.63) is 28.2 Å². The molecule has 1 fully saturated rings. The van der Waals surface area contributed by atoms with Gasteiger partial charge in [-0.25, -0.2) is 9.37 Å². The van der Waals surface area contributed by atoms with Gasteiger partial charge in [0.1, 0.15) is 11.6 Å². The predicted molar refractivity (Wildman–Crippen MR) is 82.4 cm³/mol. The van der Waals surface area contributed by atoms with E-state index in [0.29, 0.717) is 21.1 Å². The fourth-order valence-electron chi connectivity index (χ4n) is 2.47. The SMILES string of the molecule is Fc1cc2nc(CCl)n(CC3CCCS3)c2cc1Br. The summed E-state index contributed by atoms with van der Waals surface area (Å²) < 4.78 is 16.2. The maximum Gasteiger partial charge on any atom is 0.139 e. The maximum absolute atomic E-state index is 13.6. The second-order valence-electron chi connectivity index (χ2n) is 4.66. The van der Waals surface area contributed by atoms with Crippen LogP contribution in [0.2, 0.25) is 0 Å². The Morgan fingerprint density at radius 1 is 1.53 bits per heavy atom. The van der Waals surface area contributed by atoms with E-state index in [1.807, 2.05) is 11.8 Å². The third-order valence-corrected chi connectivity index (χ3v) is 5.63. The average molecular weight is 364 g/mol. The summed E-state index contributed by atoms with van der Waals surface area (Å²) in [4.78, 5) is 4.44. The van der Waals surface area contributed by atoms with E-state index in [1.165, 1.54) is 24.7 Å². The lowest BCUT2D eigenvalue weighted by atomic mass is 10.2. The van der Waals surface area contributed by atoms with E-state index in [9.17, 15) is 4.39 Å². The molecule has 1 atom stereocenters. The molecule has 1 aromatic carbocycles. The normalized spacial score (nSPS) is 19.4. The lowest BCUT2D eigenvalue weighted by molar-refractivity contribution is 0.621. The monoisotopic (exact) mass is 362 g/mol. The largest absolute Gasteiger partial charge is 0.326 e. The molecule has 0 spiro atoms. The number of halogens is 3. The lowest BCUT2D eigenvalue weighted by Gasteiger charge is -2.13. The maximum atomic E-state index is 13.6. The number of nitrogens with zero attached hydrogens (tertiary/aromatic N) is 2. The molecule has 0 aliphatic carbocycles. The van der Waals surface area contributed by atoms with E-state index in [0.717, 1.165) is 17.9 Å². The first-order valence-electron chi connectivity index (χ1n) is 6.21. The molecule has 1 aliphatic heterocycles. The van der Waals surface area contributed by atoms with Gasteiger partial charge in [0.25, 0.3) is 0 Å². The van der Waals surface area contributed by atoms with Crippen LogP contribution in [0.25, 0.3) is 11.0 Å². The van der Waals surface area contributed by atoms with Gasteiger partial charge in [-0.05, 0) is 40.6 Å². The van der Waals surface area contributed by atoms with Gasteiger partial charge in [0.05, 0.1) is 21.4 Å². The van der Waals surface area contributed by atoms with Gasteiger partial charge >= 0.3 is 0 Å². The van der Waals surface area contributed by atoms with Crippen molar-refractivity contribution in [1.29, 1.82) is 0 Å². The van der Waals surface area contributed by atoms with Gasteiger partial charge < -0.3 is 4.57 Å². The molecular weight excluding hydrogens is 351 g/mol. The molecule has 102 valence electrons. The van der Waals surface area contributed by atoms with Gasteiger partial charge in [0.2, 0.25) is 0 Å². The second-order valence-corrected chi connectivity index (χ2v) is 7.19. The number of thioether (sulfide) groups is 1. The summed E-state index contributed by atoms with van der Waals surface area (Å²) >= 11 is 11.2. The molecule has 0 amide bonds. The Labute approximate surface area is 128 Å². The van der Waals surface area contributed by atoms with Crippen LogP contribution in [0.15, 0.2) is 16.6 Å². The molecule has 0 bridgehead atoms. The van der Waals surface area contributed by atoms with Crippen LogP contribution in [-0.4, -0.2) is 20.6 Å². The van der Waals surface area contributed by atoms with Crippen molar-refractivity contribution < 1.29 is 4.39 Å². The number of benzene rings is 1. The summed E-state index contributed by atoms with van der Waals surface area (Å²) in [6.45, 7) is 0.904. The lowest BCUT2D eigenvalue weighted by Crippen LogP contribution is -2.12. The van der Waals surface area contributed by atoms with Crippen LogP contribution >= 0.6 is 39.3 Å². The van der Waals surface area contributed by atoms with Crippen molar-refractivity contribution in [2.24, 2.45) is 0 Å². The van der Waals surface area contributed by atoms with Crippen LogP contribution in [0.5, 0.6) is 0 Å². The van der Waals surface area contributed by atoms with Gasteiger partial charge in [-0.2, -0.15) is 11.8 Å². The number of alkyl halides is 1. The molecule has 2 heterocycles. The molecular formula is C13H13BrClFN2S. The van der Waals surface area contributed by atoms with Gasteiger partial charge in [-0.1, -0.05) is 0 Å². The third-order valence-electron chi connectivity index (χ3n) is 3.40. The van der Waals surface area contributed by atoms with Gasteiger partial charge in [0, 0.05) is 17.9 Å². The van der Waals surface area contributed by atoms with Crippen LogP contribution in [0.1, 0.15) is 18.7 Å². The minimum Gasteiger partial charge on any atom is -0.326 e. The van der Waals surface area contributed by atoms with E-state index in [2.05, 4.69) is 25.5 Å². The van der Waals surface area contributed by atoms with E-state index in [1.54, 1.807) is 6.07 Å². The quantitative estimate of drug-likeness (QED) is 0.743. The standard InChI is InChI=1S/C13H13BrClFN2S/c14-9-4-12-11(5-10(9)16)17-13(6-15)18(12)7-8-2-1-3-19-8/h4-5,8H,1-3,6-7H2. The number of imidazole rings is 1. The first kappa shape index (κ1) is 13.7. The molecule has 0 radical (unpaired) electrons. The van der Waals surface area contributed by atoms with Crippen molar-refractivity contribution >= 4 is 50.3 Å². The Bertz CT molecular complexity index is 610. The Morgan fingerprint density at radius 3 is 3.05 bits per heavy atom. The predicted octanol–water partition coefficient (Wildman–Crippen LogP) is 4.57. The second kappa shape index (κ2) is 5.62. The molecule has 1 unspecified atom stereocenters.